The zero-order chi connectivity index (χ0) is 23.4. The molecule has 1 aromatic heterocycles. The van der Waals surface area contributed by atoms with Gasteiger partial charge in [0.2, 0.25) is 5.82 Å². The Balaban J connectivity index is 1.11. The fourth-order valence-electron chi connectivity index (χ4n) is 5.51. The molecule has 10 nitrogen and oxygen atoms in total. The number of aliphatic carboxylic acids is 1. The lowest BCUT2D eigenvalue weighted by atomic mass is 9.73. The second-order valence-corrected chi connectivity index (χ2v) is 8.98. The first kappa shape index (κ1) is 20.4. The average Bonchev–Trinajstić information content (AvgIpc) is 3.57. The summed E-state index contributed by atoms with van der Waals surface area (Å²) in [5.41, 5.74) is 3.29. The van der Waals surface area contributed by atoms with Crippen molar-refractivity contribution in [2.75, 3.05) is 18.5 Å². The number of carbonyl (C=O) groups excluding carboxylic acids is 2. The van der Waals surface area contributed by atoms with Crippen molar-refractivity contribution in [2.24, 2.45) is 5.92 Å². The number of amides is 2. The van der Waals surface area contributed by atoms with E-state index in [0.717, 1.165) is 22.3 Å². The molecule has 2 aliphatic carbocycles. The lowest BCUT2D eigenvalue weighted by Gasteiger charge is -2.37. The first-order valence-corrected chi connectivity index (χ1v) is 11.1. The maximum absolute atomic E-state index is 12.8. The first-order chi connectivity index (χ1) is 16.5. The van der Waals surface area contributed by atoms with Crippen molar-refractivity contribution in [1.29, 1.82) is 0 Å². The zero-order valence-electron chi connectivity index (χ0n) is 18.0. The molecular weight excluding hydrogens is 438 g/mol. The largest absolute Gasteiger partial charge is 0.479 e. The van der Waals surface area contributed by atoms with Gasteiger partial charge in [0.05, 0.1) is 0 Å². The van der Waals surface area contributed by atoms with Crippen LogP contribution in [0, 0.1) is 5.92 Å². The minimum atomic E-state index is -1.16. The lowest BCUT2D eigenvalue weighted by Crippen LogP contribution is -2.54. The van der Waals surface area contributed by atoms with E-state index in [2.05, 4.69) is 32.6 Å². The van der Waals surface area contributed by atoms with E-state index in [4.69, 9.17) is 4.74 Å². The number of carboxylic acids is 1. The van der Waals surface area contributed by atoms with E-state index in [1.165, 1.54) is 4.90 Å². The number of aromatic amines is 1. The highest BCUT2D eigenvalue weighted by molar-refractivity contribution is 5.97. The predicted molar refractivity (Wildman–Crippen MR) is 119 cm³/mol. The van der Waals surface area contributed by atoms with E-state index < -0.39 is 23.5 Å². The maximum Gasteiger partial charge on any atom is 0.414 e. The molecule has 2 aromatic carbocycles. The van der Waals surface area contributed by atoms with Crippen LogP contribution in [-0.2, 0) is 9.53 Å². The minimum Gasteiger partial charge on any atom is -0.479 e. The van der Waals surface area contributed by atoms with Gasteiger partial charge in [-0.15, -0.1) is 5.10 Å². The van der Waals surface area contributed by atoms with Gasteiger partial charge in [-0.2, -0.15) is 4.98 Å². The van der Waals surface area contributed by atoms with Crippen molar-refractivity contribution < 1.29 is 24.2 Å². The van der Waals surface area contributed by atoms with Crippen molar-refractivity contribution in [3.8, 4) is 11.1 Å². The third-order valence-corrected chi connectivity index (χ3v) is 7.10. The predicted octanol–water partition coefficient (Wildman–Crippen LogP) is 2.85. The number of benzene rings is 2. The Morgan fingerprint density at radius 3 is 2.38 bits per heavy atom. The average molecular weight is 459 g/mol. The Kier molecular flexibility index (Phi) is 4.44. The van der Waals surface area contributed by atoms with Gasteiger partial charge in [0.1, 0.15) is 12.1 Å². The van der Waals surface area contributed by atoms with Crippen molar-refractivity contribution >= 4 is 23.9 Å². The molecule has 34 heavy (non-hydrogen) atoms. The van der Waals surface area contributed by atoms with Crippen molar-refractivity contribution in [1.82, 2.24) is 20.1 Å². The molecule has 172 valence electrons. The molecule has 10 heteroatoms. The third kappa shape index (κ3) is 2.98. The van der Waals surface area contributed by atoms with Gasteiger partial charge in [0.25, 0.3) is 11.9 Å². The monoisotopic (exact) mass is 459 g/mol. The number of rotatable bonds is 5. The molecule has 0 spiro atoms. The Bertz CT molecular complexity index is 1280. The summed E-state index contributed by atoms with van der Waals surface area (Å²) in [7, 11) is 0. The number of H-pyrrole nitrogens is 1. The Labute approximate surface area is 193 Å². The zero-order valence-corrected chi connectivity index (χ0v) is 18.0. The van der Waals surface area contributed by atoms with Crippen LogP contribution in [0.2, 0.25) is 0 Å². The van der Waals surface area contributed by atoms with E-state index in [1.807, 2.05) is 36.4 Å². The molecule has 4 aliphatic rings. The third-order valence-electron chi connectivity index (χ3n) is 7.10. The van der Waals surface area contributed by atoms with Crippen LogP contribution in [0.3, 0.4) is 0 Å². The number of aromatic nitrogens is 3. The van der Waals surface area contributed by atoms with E-state index in [9.17, 15) is 19.5 Å². The molecule has 7 rings (SSSR count). The van der Waals surface area contributed by atoms with Crippen LogP contribution >= 0.6 is 0 Å². The molecule has 3 N–H and O–H groups in total. The summed E-state index contributed by atoms with van der Waals surface area (Å²) in [5.74, 6) is -1.68. The summed E-state index contributed by atoms with van der Waals surface area (Å²) < 4.78 is 5.47. The smallest absolute Gasteiger partial charge is 0.414 e. The topological polar surface area (TPSA) is 138 Å². The van der Waals surface area contributed by atoms with E-state index in [1.54, 1.807) is 0 Å². The maximum atomic E-state index is 12.8. The number of carbonyl (C=O) groups is 3. The van der Waals surface area contributed by atoms with Gasteiger partial charge in [0.15, 0.2) is 0 Å². The highest BCUT2D eigenvalue weighted by Crippen LogP contribution is 2.51. The summed E-state index contributed by atoms with van der Waals surface area (Å²) in [6, 6.07) is 16.1. The van der Waals surface area contributed by atoms with Gasteiger partial charge in [0, 0.05) is 12.5 Å². The summed E-state index contributed by atoms with van der Waals surface area (Å²) in [6.45, 7) is 0.507. The fourth-order valence-corrected chi connectivity index (χ4v) is 5.51. The van der Waals surface area contributed by atoms with Crippen LogP contribution in [0.1, 0.15) is 40.5 Å². The summed E-state index contributed by atoms with van der Waals surface area (Å²) in [5, 5.41) is 18.3. The standard InChI is InChI=1S/C24H21N5O5/c30-20(29-11-13-9-24(29,10-13)21(31)32)19-25-22(28-27-19)26-23(33)34-12-18-16-7-3-1-5-14(16)15-6-2-4-8-17(15)18/h1-8,13,18H,9-12H2,(H,31,32)(H2,25,26,27,28,33). The molecule has 2 aliphatic heterocycles. The number of nitrogens with one attached hydrogen (secondary N) is 2. The second kappa shape index (κ2) is 7.41. The van der Waals surface area contributed by atoms with Gasteiger partial charge < -0.3 is 14.7 Å². The molecule has 0 atom stereocenters. The summed E-state index contributed by atoms with van der Waals surface area (Å²) in [6.07, 6.45) is 0.158. The summed E-state index contributed by atoms with van der Waals surface area (Å²) in [4.78, 5) is 42.3. The van der Waals surface area contributed by atoms with Crippen molar-refractivity contribution in [2.45, 2.75) is 24.3 Å². The number of fused-ring (bicyclic) bond motifs is 4. The molecule has 2 amide bonds. The quantitative estimate of drug-likeness (QED) is 0.533. The van der Waals surface area contributed by atoms with Crippen LogP contribution in [0.4, 0.5) is 10.7 Å². The molecule has 2 saturated heterocycles. The van der Waals surface area contributed by atoms with E-state index in [-0.39, 0.29) is 30.2 Å². The van der Waals surface area contributed by atoms with Crippen molar-refractivity contribution in [3.05, 3.63) is 65.5 Å². The number of ether oxygens (including phenoxy) is 1. The fraction of sp³-hybridized carbons (Fsp3) is 0.292. The lowest BCUT2D eigenvalue weighted by molar-refractivity contribution is -0.151. The van der Waals surface area contributed by atoms with Crippen LogP contribution in [0.15, 0.2) is 48.5 Å². The van der Waals surface area contributed by atoms with Gasteiger partial charge in [-0.3, -0.25) is 15.2 Å². The molecule has 3 heterocycles. The molecule has 3 fully saturated rings. The van der Waals surface area contributed by atoms with Crippen LogP contribution < -0.4 is 5.32 Å². The second-order valence-electron chi connectivity index (χ2n) is 8.98. The van der Waals surface area contributed by atoms with Gasteiger partial charge in [-0.25, -0.2) is 9.59 Å². The molecule has 3 aromatic rings. The molecule has 1 saturated carbocycles. The van der Waals surface area contributed by atoms with E-state index in [0.29, 0.717) is 19.4 Å². The molecule has 0 unspecified atom stereocenters. The molecular formula is C24H21N5O5. The number of anilines is 1. The SMILES string of the molecule is O=C(Nc1n[nH]c(C(=O)N2CC3CC2(C(=O)O)C3)n1)OCC1c2ccccc2-c2ccccc21. The van der Waals surface area contributed by atoms with Gasteiger partial charge in [-0.1, -0.05) is 48.5 Å². The Morgan fingerprint density at radius 2 is 1.74 bits per heavy atom. The highest BCUT2D eigenvalue weighted by Gasteiger charge is 2.63. The number of hydrogen-bond acceptors (Lipinski definition) is 6. The Hall–Kier alpha value is -4.21. The molecule has 2 bridgehead atoms. The number of carboxylic acid groups (broad SMARTS) is 1. The van der Waals surface area contributed by atoms with Crippen LogP contribution in [-0.4, -0.2) is 61.8 Å². The minimum absolute atomic E-state index is 0.0868. The number of nitrogens with zero attached hydrogens (tertiary/aromatic N) is 3. The highest BCUT2D eigenvalue weighted by atomic mass is 16.5. The summed E-state index contributed by atoms with van der Waals surface area (Å²) >= 11 is 0. The van der Waals surface area contributed by atoms with Crippen molar-refractivity contribution in [3.63, 3.8) is 0 Å². The Morgan fingerprint density at radius 1 is 1.09 bits per heavy atom. The first-order valence-electron chi connectivity index (χ1n) is 11.1. The van der Waals surface area contributed by atoms with Crippen LogP contribution in [0.25, 0.3) is 11.1 Å². The van der Waals surface area contributed by atoms with Crippen LogP contribution in [0.5, 0.6) is 0 Å². The normalized spacial score (nSPS) is 22.0. The number of hydrogen-bond donors (Lipinski definition) is 3. The van der Waals surface area contributed by atoms with Gasteiger partial charge >= 0.3 is 12.1 Å². The molecule has 0 radical (unpaired) electrons. The van der Waals surface area contributed by atoms with Gasteiger partial charge in [-0.05, 0) is 41.0 Å². The van der Waals surface area contributed by atoms with E-state index >= 15 is 0 Å².